The molecule has 0 spiro atoms. The largest absolute Gasteiger partial charge is 0.394 e. The lowest BCUT2D eigenvalue weighted by Gasteiger charge is -2.16. The molecule has 1 atom stereocenters. The molecule has 3 N–H and O–H groups in total. The molecule has 0 unspecified atom stereocenters. The van der Waals surface area contributed by atoms with Gasteiger partial charge in [-0.3, -0.25) is 0 Å². The van der Waals surface area contributed by atoms with Crippen molar-refractivity contribution < 1.29 is 10.2 Å². The van der Waals surface area contributed by atoms with E-state index in [1.54, 1.807) is 0 Å². The van der Waals surface area contributed by atoms with Gasteiger partial charge in [0.2, 0.25) is 0 Å². The zero-order valence-electron chi connectivity index (χ0n) is 8.32. The van der Waals surface area contributed by atoms with Crippen molar-refractivity contribution in [3.8, 4) is 0 Å². The van der Waals surface area contributed by atoms with Gasteiger partial charge in [-0.1, -0.05) is 0 Å². The van der Waals surface area contributed by atoms with Crippen molar-refractivity contribution in [1.82, 2.24) is 5.32 Å². The Kier molecular flexibility index (Phi) is 7.06. The van der Waals surface area contributed by atoms with E-state index in [9.17, 15) is 0 Å². The summed E-state index contributed by atoms with van der Waals surface area (Å²) < 4.78 is 0. The monoisotopic (exact) mass is 237 g/mol. The minimum atomic E-state index is -0.561. The Balaban J connectivity index is 2.04. The van der Waals surface area contributed by atoms with Gasteiger partial charge in [-0.25, -0.2) is 0 Å². The molecular weight excluding hydrogens is 218 g/mol. The van der Waals surface area contributed by atoms with E-state index in [-0.39, 0.29) is 6.61 Å². The van der Waals surface area contributed by atoms with Crippen LogP contribution in [0.3, 0.4) is 0 Å². The van der Waals surface area contributed by atoms with Gasteiger partial charge in [0.15, 0.2) is 0 Å². The van der Waals surface area contributed by atoms with Gasteiger partial charge >= 0.3 is 0 Å². The molecular formula is C9H19NO2S2. The van der Waals surface area contributed by atoms with Crippen LogP contribution in [0.5, 0.6) is 0 Å². The van der Waals surface area contributed by atoms with E-state index in [1.807, 2.05) is 23.5 Å². The van der Waals surface area contributed by atoms with Crippen LogP contribution in [-0.4, -0.2) is 58.5 Å². The van der Waals surface area contributed by atoms with E-state index >= 15 is 0 Å². The van der Waals surface area contributed by atoms with Gasteiger partial charge in [-0.2, -0.15) is 23.5 Å². The van der Waals surface area contributed by atoms with E-state index in [0.717, 1.165) is 6.54 Å². The van der Waals surface area contributed by atoms with Crippen LogP contribution < -0.4 is 5.32 Å². The van der Waals surface area contributed by atoms with Crippen LogP contribution in [0, 0.1) is 0 Å². The van der Waals surface area contributed by atoms with Crippen molar-refractivity contribution in [1.29, 1.82) is 0 Å². The van der Waals surface area contributed by atoms with Crippen LogP contribution in [0.25, 0.3) is 0 Å². The summed E-state index contributed by atoms with van der Waals surface area (Å²) in [6.45, 7) is 0.670. The number of nitrogens with one attached hydrogen (secondary N) is 1. The number of aliphatic hydroxyl groups excluding tert-OH is 2. The first kappa shape index (κ1) is 12.6. The molecule has 0 bridgehead atoms. The predicted molar refractivity (Wildman–Crippen MR) is 64.2 cm³/mol. The molecule has 1 fully saturated rings. The number of hydrogen-bond acceptors (Lipinski definition) is 5. The maximum absolute atomic E-state index is 9.14. The lowest BCUT2D eigenvalue weighted by molar-refractivity contribution is 0.0880. The Labute approximate surface area is 94.0 Å². The Morgan fingerprint density at radius 3 is 2.50 bits per heavy atom. The maximum atomic E-state index is 9.14. The van der Waals surface area contributed by atoms with Gasteiger partial charge in [0, 0.05) is 29.1 Å². The number of hydrogen-bond donors (Lipinski definition) is 3. The highest BCUT2D eigenvalue weighted by molar-refractivity contribution is 8.03. The van der Waals surface area contributed by atoms with Crippen LogP contribution >= 0.6 is 23.5 Å². The standard InChI is InChI=1S/C9H19NO2S2/c11-5-9(12)1-2-10-8-6-13-3-4-14-7-8/h8-12H,1-7H2/t9-/m1/s1. The second-order valence-corrected chi connectivity index (χ2v) is 5.73. The molecule has 1 heterocycles. The third-order valence-corrected chi connectivity index (χ3v) is 4.65. The fourth-order valence-corrected chi connectivity index (χ4v) is 3.75. The van der Waals surface area contributed by atoms with Gasteiger partial charge in [-0.15, -0.1) is 0 Å². The summed E-state index contributed by atoms with van der Waals surface area (Å²) in [4.78, 5) is 0. The number of rotatable bonds is 5. The summed E-state index contributed by atoms with van der Waals surface area (Å²) in [7, 11) is 0. The van der Waals surface area contributed by atoms with E-state index in [2.05, 4.69) is 5.32 Å². The Bertz CT molecular complexity index is 141. The smallest absolute Gasteiger partial charge is 0.0783 e. The fourth-order valence-electron chi connectivity index (χ4n) is 1.28. The van der Waals surface area contributed by atoms with Crippen molar-refractivity contribution in [2.45, 2.75) is 18.6 Å². The van der Waals surface area contributed by atoms with Crippen molar-refractivity contribution in [2.24, 2.45) is 0 Å². The van der Waals surface area contributed by atoms with Crippen molar-refractivity contribution in [3.63, 3.8) is 0 Å². The van der Waals surface area contributed by atoms with Gasteiger partial charge in [0.05, 0.1) is 12.7 Å². The predicted octanol–water partition coefficient (Wildman–Crippen LogP) is 0.168. The lowest BCUT2D eigenvalue weighted by atomic mass is 10.2. The van der Waals surface area contributed by atoms with Gasteiger partial charge in [-0.05, 0) is 13.0 Å². The Morgan fingerprint density at radius 1 is 1.29 bits per heavy atom. The third kappa shape index (κ3) is 5.46. The van der Waals surface area contributed by atoms with E-state index < -0.39 is 6.10 Å². The molecule has 84 valence electrons. The van der Waals surface area contributed by atoms with Crippen molar-refractivity contribution in [2.75, 3.05) is 36.2 Å². The second-order valence-electron chi connectivity index (χ2n) is 3.43. The molecule has 0 aromatic carbocycles. The average Bonchev–Trinajstić information content (AvgIpc) is 2.46. The molecule has 0 saturated carbocycles. The molecule has 0 aliphatic carbocycles. The fraction of sp³-hybridized carbons (Fsp3) is 1.00. The molecule has 1 aliphatic rings. The van der Waals surface area contributed by atoms with Crippen LogP contribution in [0.15, 0.2) is 0 Å². The zero-order valence-corrected chi connectivity index (χ0v) is 9.95. The van der Waals surface area contributed by atoms with Crippen molar-refractivity contribution >= 4 is 23.5 Å². The molecule has 0 aromatic rings. The zero-order chi connectivity index (χ0) is 10.2. The Morgan fingerprint density at radius 2 is 1.93 bits per heavy atom. The summed E-state index contributed by atoms with van der Waals surface area (Å²) >= 11 is 3.99. The number of thioether (sulfide) groups is 2. The first-order valence-corrected chi connectivity index (χ1v) is 7.31. The molecule has 14 heavy (non-hydrogen) atoms. The minimum absolute atomic E-state index is 0.129. The molecule has 1 rings (SSSR count). The lowest BCUT2D eigenvalue weighted by Crippen LogP contribution is -2.35. The average molecular weight is 237 g/mol. The van der Waals surface area contributed by atoms with E-state index in [0.29, 0.717) is 12.5 Å². The minimum Gasteiger partial charge on any atom is -0.394 e. The van der Waals surface area contributed by atoms with Crippen molar-refractivity contribution in [3.05, 3.63) is 0 Å². The summed E-state index contributed by atoms with van der Waals surface area (Å²) in [5.41, 5.74) is 0. The first-order chi connectivity index (χ1) is 6.83. The summed E-state index contributed by atoms with van der Waals surface area (Å²) in [6.07, 6.45) is 0.0797. The first-order valence-electron chi connectivity index (χ1n) is 5.00. The summed E-state index contributed by atoms with van der Waals surface area (Å²) in [5.74, 6) is 4.84. The summed E-state index contributed by atoms with van der Waals surface area (Å²) in [5, 5.41) is 21.2. The highest BCUT2D eigenvalue weighted by Gasteiger charge is 2.12. The number of aliphatic hydroxyl groups is 2. The highest BCUT2D eigenvalue weighted by atomic mass is 32.2. The van der Waals surface area contributed by atoms with Gasteiger partial charge in [0.25, 0.3) is 0 Å². The highest BCUT2D eigenvalue weighted by Crippen LogP contribution is 2.16. The molecule has 0 aromatic heterocycles. The molecule has 1 aliphatic heterocycles. The van der Waals surface area contributed by atoms with E-state index in [1.165, 1.54) is 23.0 Å². The van der Waals surface area contributed by atoms with Crippen LogP contribution in [-0.2, 0) is 0 Å². The maximum Gasteiger partial charge on any atom is 0.0783 e. The van der Waals surface area contributed by atoms with Gasteiger partial charge < -0.3 is 15.5 Å². The van der Waals surface area contributed by atoms with Gasteiger partial charge in [0.1, 0.15) is 0 Å². The molecule has 0 amide bonds. The molecule has 3 nitrogen and oxygen atoms in total. The molecule has 5 heteroatoms. The summed E-state index contributed by atoms with van der Waals surface area (Å²) in [6, 6.07) is 0.568. The topological polar surface area (TPSA) is 52.5 Å². The quantitative estimate of drug-likeness (QED) is 0.636. The normalized spacial score (nSPS) is 21.9. The second kappa shape index (κ2) is 7.82. The van der Waals surface area contributed by atoms with Crippen LogP contribution in [0.1, 0.15) is 6.42 Å². The molecule has 1 saturated heterocycles. The van der Waals surface area contributed by atoms with Crippen LogP contribution in [0.4, 0.5) is 0 Å². The molecule has 0 radical (unpaired) electrons. The van der Waals surface area contributed by atoms with E-state index in [4.69, 9.17) is 10.2 Å². The van der Waals surface area contributed by atoms with Crippen LogP contribution in [0.2, 0.25) is 0 Å². The SMILES string of the molecule is OC[C@H](O)CCNC1CSCCSC1. The third-order valence-electron chi connectivity index (χ3n) is 2.13. The Hall–Kier alpha value is 0.580.